The van der Waals surface area contributed by atoms with Crippen molar-refractivity contribution in [3.05, 3.63) is 58.9 Å². The third-order valence-electron chi connectivity index (χ3n) is 5.15. The second-order valence-electron chi connectivity index (χ2n) is 7.90. The van der Waals surface area contributed by atoms with Crippen molar-refractivity contribution in [3.63, 3.8) is 0 Å². The summed E-state index contributed by atoms with van der Waals surface area (Å²) >= 11 is 0. The Bertz CT molecular complexity index is 897. The van der Waals surface area contributed by atoms with Gasteiger partial charge in [-0.1, -0.05) is 18.2 Å². The molecule has 1 aliphatic heterocycles. The Balaban J connectivity index is 1.53. The number of anilines is 1. The van der Waals surface area contributed by atoms with E-state index in [0.717, 1.165) is 16.7 Å². The molecule has 5 nitrogen and oxygen atoms in total. The number of halogens is 1. The Kier molecular flexibility index (Phi) is 4.30. The minimum atomic E-state index is -0.517. The zero-order valence-corrected chi connectivity index (χ0v) is 15.4. The highest BCUT2D eigenvalue weighted by Crippen LogP contribution is 2.40. The standard InChI is InChI=1S/C21H23FN2O3/c1-21(2)11-18(15-7-6-13(22)9-19(15)27-21)24-20(26)23-17-5-3-4-12-8-14(25)10-16(12)17/h3-7,9,14,18,25H,8,10-11H2,1-2H3,(H2,23,24,26)/t14-,18+/m0/s1. The van der Waals surface area contributed by atoms with Gasteiger partial charge in [-0.2, -0.15) is 0 Å². The van der Waals surface area contributed by atoms with E-state index in [-0.39, 0.29) is 17.9 Å². The van der Waals surface area contributed by atoms with Crippen molar-refractivity contribution in [1.82, 2.24) is 5.32 Å². The fourth-order valence-corrected chi connectivity index (χ4v) is 4.02. The fourth-order valence-electron chi connectivity index (χ4n) is 4.02. The van der Waals surface area contributed by atoms with Gasteiger partial charge in [-0.15, -0.1) is 0 Å². The van der Waals surface area contributed by atoms with Crippen LogP contribution in [0.2, 0.25) is 0 Å². The number of benzene rings is 2. The molecular formula is C21H23FN2O3. The molecule has 0 saturated heterocycles. The number of carbonyl (C=O) groups is 1. The van der Waals surface area contributed by atoms with Crippen LogP contribution in [-0.2, 0) is 12.8 Å². The number of nitrogens with one attached hydrogen (secondary N) is 2. The number of carbonyl (C=O) groups excluding carboxylic acids is 1. The van der Waals surface area contributed by atoms with E-state index in [0.29, 0.717) is 30.7 Å². The van der Waals surface area contributed by atoms with Gasteiger partial charge in [0.1, 0.15) is 17.2 Å². The van der Waals surface area contributed by atoms with Crippen LogP contribution in [0.25, 0.3) is 0 Å². The number of hydrogen-bond acceptors (Lipinski definition) is 3. The molecule has 0 bridgehead atoms. The minimum absolute atomic E-state index is 0.285. The van der Waals surface area contributed by atoms with E-state index in [1.54, 1.807) is 6.07 Å². The first kappa shape index (κ1) is 17.8. The summed E-state index contributed by atoms with van der Waals surface area (Å²) in [4.78, 5) is 12.7. The molecule has 0 aromatic heterocycles. The summed E-state index contributed by atoms with van der Waals surface area (Å²) < 4.78 is 19.4. The molecule has 6 heteroatoms. The first-order valence-electron chi connectivity index (χ1n) is 9.15. The molecule has 4 rings (SSSR count). The SMILES string of the molecule is CC1(C)C[C@@H](NC(=O)Nc2cccc3c2C[C@@H](O)C3)c2ccc(F)cc2O1. The van der Waals surface area contributed by atoms with Crippen LogP contribution in [-0.4, -0.2) is 22.8 Å². The maximum Gasteiger partial charge on any atom is 0.319 e. The Morgan fingerprint density at radius 3 is 2.89 bits per heavy atom. The Labute approximate surface area is 157 Å². The summed E-state index contributed by atoms with van der Waals surface area (Å²) in [6.45, 7) is 3.83. The molecule has 3 N–H and O–H groups in total. The van der Waals surface area contributed by atoms with Gasteiger partial charge in [0.05, 0.1) is 12.1 Å². The van der Waals surface area contributed by atoms with Gasteiger partial charge in [-0.05, 0) is 43.5 Å². The molecule has 2 amide bonds. The summed E-state index contributed by atoms with van der Waals surface area (Å²) in [5.41, 5.74) is 3.01. The average Bonchev–Trinajstić information content (AvgIpc) is 2.94. The average molecular weight is 370 g/mol. The minimum Gasteiger partial charge on any atom is -0.487 e. The van der Waals surface area contributed by atoms with Crippen LogP contribution in [0.1, 0.15) is 43.0 Å². The second kappa shape index (κ2) is 6.53. The lowest BCUT2D eigenvalue weighted by Gasteiger charge is -2.37. The van der Waals surface area contributed by atoms with Gasteiger partial charge in [-0.25, -0.2) is 9.18 Å². The molecule has 0 spiro atoms. The van der Waals surface area contributed by atoms with Gasteiger partial charge in [-0.3, -0.25) is 0 Å². The first-order valence-corrected chi connectivity index (χ1v) is 9.15. The number of rotatable bonds is 2. The molecule has 27 heavy (non-hydrogen) atoms. The highest BCUT2D eigenvalue weighted by atomic mass is 19.1. The third-order valence-corrected chi connectivity index (χ3v) is 5.15. The largest absolute Gasteiger partial charge is 0.487 e. The molecular weight excluding hydrogens is 347 g/mol. The summed E-state index contributed by atoms with van der Waals surface area (Å²) in [7, 11) is 0. The molecule has 0 radical (unpaired) electrons. The quantitative estimate of drug-likeness (QED) is 0.755. The number of fused-ring (bicyclic) bond motifs is 2. The lowest BCUT2D eigenvalue weighted by Crippen LogP contribution is -2.42. The highest BCUT2D eigenvalue weighted by molar-refractivity contribution is 5.90. The summed E-state index contributed by atoms with van der Waals surface area (Å²) in [5, 5.41) is 15.8. The van der Waals surface area contributed by atoms with Gasteiger partial charge in [0.25, 0.3) is 0 Å². The van der Waals surface area contributed by atoms with Gasteiger partial charge in [0.15, 0.2) is 0 Å². The lowest BCUT2D eigenvalue weighted by atomic mass is 9.90. The molecule has 2 aromatic carbocycles. The van der Waals surface area contributed by atoms with Crippen molar-refractivity contribution in [2.45, 2.75) is 50.9 Å². The highest BCUT2D eigenvalue weighted by Gasteiger charge is 2.35. The molecule has 0 unspecified atom stereocenters. The predicted molar refractivity (Wildman–Crippen MR) is 100 cm³/mol. The van der Waals surface area contributed by atoms with Crippen molar-refractivity contribution in [1.29, 1.82) is 0 Å². The smallest absolute Gasteiger partial charge is 0.319 e. The van der Waals surface area contributed by atoms with Gasteiger partial charge < -0.3 is 20.5 Å². The summed E-state index contributed by atoms with van der Waals surface area (Å²) in [5.74, 6) is 0.0910. The Morgan fingerprint density at radius 1 is 1.26 bits per heavy atom. The van der Waals surface area contributed by atoms with Gasteiger partial charge in [0.2, 0.25) is 0 Å². The number of hydrogen-bond donors (Lipinski definition) is 3. The van der Waals surface area contributed by atoms with E-state index < -0.39 is 11.7 Å². The third kappa shape index (κ3) is 3.62. The van der Waals surface area contributed by atoms with Crippen LogP contribution >= 0.6 is 0 Å². The maximum absolute atomic E-state index is 13.6. The zero-order chi connectivity index (χ0) is 19.2. The molecule has 2 atom stereocenters. The first-order chi connectivity index (χ1) is 12.8. The topological polar surface area (TPSA) is 70.6 Å². The van der Waals surface area contributed by atoms with E-state index in [4.69, 9.17) is 4.74 Å². The van der Waals surface area contributed by atoms with E-state index >= 15 is 0 Å². The molecule has 2 aliphatic rings. The molecule has 1 heterocycles. The summed E-state index contributed by atoms with van der Waals surface area (Å²) in [6, 6.07) is 9.46. The van der Waals surface area contributed by atoms with Crippen LogP contribution in [0.3, 0.4) is 0 Å². The second-order valence-corrected chi connectivity index (χ2v) is 7.90. The van der Waals surface area contributed by atoms with Crippen LogP contribution in [0, 0.1) is 5.82 Å². The Hall–Kier alpha value is -2.60. The van der Waals surface area contributed by atoms with Crippen molar-refractivity contribution >= 4 is 11.7 Å². The lowest BCUT2D eigenvalue weighted by molar-refractivity contribution is 0.0678. The number of aliphatic hydroxyl groups excluding tert-OH is 1. The normalized spacial score (nSPS) is 22.4. The molecule has 2 aromatic rings. The van der Waals surface area contributed by atoms with Crippen LogP contribution < -0.4 is 15.4 Å². The number of amides is 2. The number of urea groups is 1. The van der Waals surface area contributed by atoms with Crippen molar-refractivity contribution in [2.75, 3.05) is 5.32 Å². The monoisotopic (exact) mass is 370 g/mol. The van der Waals surface area contributed by atoms with E-state index in [2.05, 4.69) is 10.6 Å². The van der Waals surface area contributed by atoms with Gasteiger partial charge >= 0.3 is 6.03 Å². The number of ether oxygens (including phenoxy) is 1. The Morgan fingerprint density at radius 2 is 2.07 bits per heavy atom. The number of aliphatic hydroxyl groups is 1. The molecule has 1 aliphatic carbocycles. The van der Waals surface area contributed by atoms with Gasteiger partial charge in [0, 0.05) is 30.2 Å². The van der Waals surface area contributed by atoms with E-state index in [1.807, 2.05) is 32.0 Å². The van der Waals surface area contributed by atoms with Crippen molar-refractivity contribution in [2.24, 2.45) is 0 Å². The van der Waals surface area contributed by atoms with Crippen LogP contribution in [0.4, 0.5) is 14.9 Å². The van der Waals surface area contributed by atoms with Crippen LogP contribution in [0.5, 0.6) is 5.75 Å². The maximum atomic E-state index is 13.6. The molecule has 0 saturated carbocycles. The predicted octanol–water partition coefficient (Wildman–Crippen LogP) is 3.71. The van der Waals surface area contributed by atoms with Crippen molar-refractivity contribution in [3.8, 4) is 5.75 Å². The molecule has 0 fully saturated rings. The van der Waals surface area contributed by atoms with E-state index in [9.17, 15) is 14.3 Å². The fraction of sp³-hybridized carbons (Fsp3) is 0.381. The molecule has 142 valence electrons. The van der Waals surface area contributed by atoms with Crippen molar-refractivity contribution < 1.29 is 19.0 Å². The van der Waals surface area contributed by atoms with Crippen LogP contribution in [0.15, 0.2) is 36.4 Å². The van der Waals surface area contributed by atoms with E-state index in [1.165, 1.54) is 12.1 Å². The zero-order valence-electron chi connectivity index (χ0n) is 15.4. The summed E-state index contributed by atoms with van der Waals surface area (Å²) in [6.07, 6.45) is 1.33.